The summed E-state index contributed by atoms with van der Waals surface area (Å²) < 4.78 is 18.1. The molecule has 1 N–H and O–H groups in total. The van der Waals surface area contributed by atoms with Gasteiger partial charge in [-0.15, -0.1) is 0 Å². The Bertz CT molecular complexity index is 299. The molecule has 5 nitrogen and oxygen atoms in total. The van der Waals surface area contributed by atoms with Gasteiger partial charge >= 0.3 is 14.8 Å². The minimum absolute atomic E-state index is 0.0312. The molecule has 0 fully saturated rings. The van der Waals surface area contributed by atoms with Gasteiger partial charge in [0.2, 0.25) is 0 Å². The first-order valence-electron chi connectivity index (χ1n) is 7.60. The van der Waals surface area contributed by atoms with Crippen LogP contribution in [0.2, 0.25) is 6.04 Å². The van der Waals surface area contributed by atoms with Crippen molar-refractivity contribution in [2.45, 2.75) is 78.7 Å². The summed E-state index contributed by atoms with van der Waals surface area (Å²) in [6.45, 7) is 11.8. The smallest absolute Gasteiger partial charge is 0.478 e. The van der Waals surface area contributed by atoms with Crippen molar-refractivity contribution < 1.29 is 23.2 Å². The summed E-state index contributed by atoms with van der Waals surface area (Å²) in [7, 11) is -2.74. The van der Waals surface area contributed by atoms with Gasteiger partial charge in [-0.2, -0.15) is 0 Å². The molecular weight excluding hydrogens is 288 g/mol. The van der Waals surface area contributed by atoms with Crippen LogP contribution in [0.15, 0.2) is 12.2 Å². The predicted octanol–water partition coefficient (Wildman–Crippen LogP) is 3.62. The van der Waals surface area contributed by atoms with Crippen molar-refractivity contribution in [3.8, 4) is 0 Å². The number of aliphatic carboxylic acids is 1. The van der Waals surface area contributed by atoms with Crippen molar-refractivity contribution >= 4 is 14.8 Å². The highest BCUT2D eigenvalue weighted by molar-refractivity contribution is 6.60. The topological polar surface area (TPSA) is 65.0 Å². The normalized spacial score (nSPS) is 13.0. The summed E-state index contributed by atoms with van der Waals surface area (Å²) in [6.07, 6.45) is 4.37. The fraction of sp³-hybridized carbons (Fsp3) is 0.800. The number of allylic oxidation sites excluding steroid dienone is 1. The van der Waals surface area contributed by atoms with E-state index in [-0.39, 0.29) is 18.3 Å². The highest BCUT2D eigenvalue weighted by Gasteiger charge is 2.43. The molecule has 0 unspecified atom stereocenters. The zero-order valence-electron chi connectivity index (χ0n) is 14.1. The monoisotopic (exact) mass is 318 g/mol. The summed E-state index contributed by atoms with van der Waals surface area (Å²) in [5.74, 6) is -0.922. The van der Waals surface area contributed by atoms with E-state index in [0.29, 0.717) is 12.5 Å². The van der Waals surface area contributed by atoms with Crippen LogP contribution in [0.4, 0.5) is 0 Å². The van der Waals surface area contributed by atoms with E-state index in [1.165, 1.54) is 6.08 Å². The number of carboxylic acids is 1. The van der Waals surface area contributed by atoms with Gasteiger partial charge in [-0.25, -0.2) is 4.79 Å². The first-order chi connectivity index (χ1) is 9.67. The van der Waals surface area contributed by atoms with E-state index in [1.54, 1.807) is 6.08 Å². The Labute approximate surface area is 129 Å². The average molecular weight is 318 g/mol. The van der Waals surface area contributed by atoms with E-state index in [2.05, 4.69) is 0 Å². The Morgan fingerprint density at radius 3 is 1.76 bits per heavy atom. The Morgan fingerprint density at radius 1 is 1.00 bits per heavy atom. The molecule has 0 aliphatic carbocycles. The van der Waals surface area contributed by atoms with Crippen molar-refractivity contribution in [2.24, 2.45) is 0 Å². The average Bonchev–Trinajstić information content (AvgIpc) is 2.24. The third-order valence-corrected chi connectivity index (χ3v) is 5.82. The lowest BCUT2D eigenvalue weighted by molar-refractivity contribution is -0.131. The van der Waals surface area contributed by atoms with E-state index < -0.39 is 14.8 Å². The van der Waals surface area contributed by atoms with Gasteiger partial charge in [0.05, 0.1) is 0 Å². The number of hydrogen-bond donors (Lipinski definition) is 1. The third-order valence-electron chi connectivity index (χ3n) is 2.36. The third kappa shape index (κ3) is 10.6. The first-order valence-corrected chi connectivity index (χ1v) is 9.53. The second kappa shape index (κ2) is 10.1. The van der Waals surface area contributed by atoms with Crippen LogP contribution in [0, 0.1) is 0 Å². The van der Waals surface area contributed by atoms with Gasteiger partial charge in [-0.3, -0.25) is 0 Å². The number of unbranched alkanes of at least 4 members (excludes halogenated alkanes) is 1. The molecule has 0 bridgehead atoms. The fourth-order valence-corrected chi connectivity index (χ4v) is 5.27. The van der Waals surface area contributed by atoms with E-state index >= 15 is 0 Å². The van der Waals surface area contributed by atoms with Gasteiger partial charge in [0.15, 0.2) is 0 Å². The molecule has 0 radical (unpaired) electrons. The van der Waals surface area contributed by atoms with Gasteiger partial charge in [0.25, 0.3) is 0 Å². The quantitative estimate of drug-likeness (QED) is 0.358. The van der Waals surface area contributed by atoms with Crippen molar-refractivity contribution in [3.05, 3.63) is 12.2 Å². The summed E-state index contributed by atoms with van der Waals surface area (Å²) in [5, 5.41) is 8.58. The van der Waals surface area contributed by atoms with E-state index in [1.807, 2.05) is 41.5 Å². The van der Waals surface area contributed by atoms with Gasteiger partial charge in [-0.1, -0.05) is 6.08 Å². The van der Waals surface area contributed by atoms with E-state index in [0.717, 1.165) is 6.42 Å². The lowest BCUT2D eigenvalue weighted by Crippen LogP contribution is -2.50. The SMILES string of the molecule is CC(C)O[Si](CCCC=CC(=O)O)(OC(C)C)OC(C)C. The molecule has 0 aliphatic rings. The standard InChI is InChI=1S/C15H30O5Si/c1-12(2)18-21(19-13(3)4,20-14(5)6)11-9-7-8-10-15(16)17/h8,10,12-14H,7,9,11H2,1-6H3,(H,16,17). The van der Waals surface area contributed by atoms with Crippen LogP contribution in [0.3, 0.4) is 0 Å². The van der Waals surface area contributed by atoms with Gasteiger partial charge in [0, 0.05) is 30.4 Å². The van der Waals surface area contributed by atoms with Crippen molar-refractivity contribution in [3.63, 3.8) is 0 Å². The zero-order chi connectivity index (χ0) is 16.5. The maximum absolute atomic E-state index is 10.4. The molecule has 0 aliphatic heterocycles. The van der Waals surface area contributed by atoms with Crippen LogP contribution in [-0.4, -0.2) is 38.2 Å². The number of carbonyl (C=O) groups is 1. The lowest BCUT2D eigenvalue weighted by atomic mass is 10.3. The van der Waals surface area contributed by atoms with Gasteiger partial charge in [0.1, 0.15) is 0 Å². The number of carboxylic acid groups (broad SMARTS) is 1. The Morgan fingerprint density at radius 2 is 1.43 bits per heavy atom. The maximum Gasteiger partial charge on any atom is 0.501 e. The molecule has 0 amide bonds. The Kier molecular flexibility index (Phi) is 9.77. The van der Waals surface area contributed by atoms with E-state index in [4.69, 9.17) is 18.4 Å². The lowest BCUT2D eigenvalue weighted by Gasteiger charge is -2.34. The molecule has 0 rings (SSSR count). The Balaban J connectivity index is 4.76. The molecule has 0 atom stereocenters. The molecule has 124 valence electrons. The molecule has 6 heteroatoms. The first kappa shape index (κ1) is 20.3. The zero-order valence-corrected chi connectivity index (χ0v) is 15.1. The highest BCUT2D eigenvalue weighted by Crippen LogP contribution is 2.24. The molecule has 21 heavy (non-hydrogen) atoms. The molecule has 0 saturated heterocycles. The second-order valence-corrected chi connectivity index (χ2v) is 8.39. The van der Waals surface area contributed by atoms with Crippen molar-refractivity contribution in [1.82, 2.24) is 0 Å². The summed E-state index contributed by atoms with van der Waals surface area (Å²) in [4.78, 5) is 10.4. The second-order valence-electron chi connectivity index (χ2n) is 5.82. The van der Waals surface area contributed by atoms with Crippen LogP contribution < -0.4 is 0 Å². The minimum Gasteiger partial charge on any atom is -0.478 e. The van der Waals surface area contributed by atoms with E-state index in [9.17, 15) is 4.79 Å². The van der Waals surface area contributed by atoms with Crippen LogP contribution in [0.1, 0.15) is 54.4 Å². The summed E-state index contributed by atoms with van der Waals surface area (Å²) in [5.41, 5.74) is 0. The fourth-order valence-electron chi connectivity index (χ4n) is 1.96. The highest BCUT2D eigenvalue weighted by atomic mass is 28.4. The summed E-state index contributed by atoms with van der Waals surface area (Å²) >= 11 is 0. The Hall–Kier alpha value is -0.693. The molecule has 0 aromatic rings. The van der Waals surface area contributed by atoms with Crippen molar-refractivity contribution in [2.75, 3.05) is 0 Å². The molecule has 0 aromatic heterocycles. The molecule has 0 heterocycles. The number of hydrogen-bond acceptors (Lipinski definition) is 4. The molecule has 0 aromatic carbocycles. The van der Waals surface area contributed by atoms with Crippen LogP contribution in [-0.2, 0) is 18.1 Å². The van der Waals surface area contributed by atoms with Crippen LogP contribution in [0.25, 0.3) is 0 Å². The van der Waals surface area contributed by atoms with Crippen LogP contribution in [0.5, 0.6) is 0 Å². The largest absolute Gasteiger partial charge is 0.501 e. The molecular formula is C15H30O5Si. The van der Waals surface area contributed by atoms with Gasteiger partial charge < -0.3 is 18.4 Å². The maximum atomic E-state index is 10.4. The van der Waals surface area contributed by atoms with Gasteiger partial charge in [-0.05, 0) is 54.4 Å². The predicted molar refractivity (Wildman–Crippen MR) is 85.2 cm³/mol. The molecule has 0 saturated carbocycles. The van der Waals surface area contributed by atoms with Crippen molar-refractivity contribution in [1.29, 1.82) is 0 Å². The molecule has 0 spiro atoms. The number of rotatable bonds is 11. The van der Waals surface area contributed by atoms with Crippen LogP contribution >= 0.6 is 0 Å². The summed E-state index contributed by atoms with van der Waals surface area (Å²) in [6, 6.07) is 0.686. The minimum atomic E-state index is -2.74.